The van der Waals surface area contributed by atoms with Crippen molar-refractivity contribution in [2.75, 3.05) is 17.2 Å². The number of sulfonamides is 1. The maximum atomic E-state index is 13.8. The van der Waals surface area contributed by atoms with Crippen LogP contribution in [0.3, 0.4) is 0 Å². The second kappa shape index (κ2) is 16.2. The monoisotopic (exact) mass is 743 g/mol. The number of carboxylic acid groups (broad SMARTS) is 2. The van der Waals surface area contributed by atoms with E-state index in [0.717, 1.165) is 66.5 Å². The number of aliphatic carboxylic acids is 1. The van der Waals surface area contributed by atoms with Crippen LogP contribution >= 0.6 is 11.3 Å². The topological polar surface area (TPSA) is 170 Å². The summed E-state index contributed by atoms with van der Waals surface area (Å²) in [6.45, 7) is 0.0874. The summed E-state index contributed by atoms with van der Waals surface area (Å²) in [4.78, 5) is 50.6. The summed E-state index contributed by atoms with van der Waals surface area (Å²) in [7, 11) is -3.97. The summed E-state index contributed by atoms with van der Waals surface area (Å²) < 4.78 is 28.6. The van der Waals surface area contributed by atoms with Crippen LogP contribution in [0, 0.1) is 0 Å². The van der Waals surface area contributed by atoms with Crippen LogP contribution in [-0.4, -0.2) is 59.3 Å². The molecular weight excluding hydrogens is 703 g/mol. The molecule has 0 spiro atoms. The van der Waals surface area contributed by atoms with Gasteiger partial charge in [-0.1, -0.05) is 30.3 Å². The predicted molar refractivity (Wildman–Crippen MR) is 199 cm³/mol. The van der Waals surface area contributed by atoms with Gasteiger partial charge in [-0.25, -0.2) is 13.2 Å². The van der Waals surface area contributed by atoms with Crippen molar-refractivity contribution in [1.82, 2.24) is 4.31 Å². The Bertz CT molecular complexity index is 2070. The number of carboxylic acids is 2. The van der Waals surface area contributed by atoms with Gasteiger partial charge in [0, 0.05) is 35.1 Å². The number of aryl methyl sites for hydroxylation is 3. The van der Waals surface area contributed by atoms with E-state index < -0.39 is 27.9 Å². The fourth-order valence-corrected chi connectivity index (χ4v) is 9.56. The maximum Gasteiger partial charge on any atom is 0.335 e. The predicted octanol–water partition coefficient (Wildman–Crippen LogP) is 7.02. The van der Waals surface area contributed by atoms with Gasteiger partial charge in [0.25, 0.3) is 11.8 Å². The molecule has 272 valence electrons. The van der Waals surface area contributed by atoms with Gasteiger partial charge in [0.05, 0.1) is 16.0 Å². The molecule has 0 atom stereocenters. The number of carbonyl (C=O) groups is 4. The number of benzene rings is 3. The van der Waals surface area contributed by atoms with Gasteiger partial charge in [0.1, 0.15) is 5.00 Å². The lowest BCUT2D eigenvalue weighted by atomic mass is 9.95. The van der Waals surface area contributed by atoms with E-state index in [1.165, 1.54) is 39.9 Å². The highest BCUT2D eigenvalue weighted by molar-refractivity contribution is 7.89. The fraction of sp³-hybridized carbons (Fsp3) is 0.333. The molecule has 0 radical (unpaired) electrons. The van der Waals surface area contributed by atoms with Gasteiger partial charge in [-0.15, -0.1) is 11.3 Å². The second-order valence-electron chi connectivity index (χ2n) is 13.2. The van der Waals surface area contributed by atoms with Crippen molar-refractivity contribution in [3.63, 3.8) is 0 Å². The molecule has 4 aromatic rings. The number of carbonyl (C=O) groups excluding carboxylic acids is 2. The van der Waals surface area contributed by atoms with E-state index in [0.29, 0.717) is 29.1 Å². The van der Waals surface area contributed by atoms with Gasteiger partial charge in [0.2, 0.25) is 10.0 Å². The van der Waals surface area contributed by atoms with Crippen molar-refractivity contribution >= 4 is 55.8 Å². The molecule has 11 nitrogen and oxygen atoms in total. The molecule has 52 heavy (non-hydrogen) atoms. The lowest BCUT2D eigenvalue weighted by Crippen LogP contribution is -2.34. The zero-order chi connectivity index (χ0) is 36.8. The molecule has 6 rings (SSSR count). The van der Waals surface area contributed by atoms with Crippen LogP contribution in [-0.2, 0) is 40.5 Å². The molecule has 2 aliphatic rings. The van der Waals surface area contributed by atoms with Crippen molar-refractivity contribution in [2.24, 2.45) is 0 Å². The van der Waals surface area contributed by atoms with Crippen LogP contribution in [0.25, 0.3) is 0 Å². The first-order valence-electron chi connectivity index (χ1n) is 17.5. The van der Waals surface area contributed by atoms with Gasteiger partial charge in [-0.05, 0) is 123 Å². The van der Waals surface area contributed by atoms with Crippen molar-refractivity contribution in [2.45, 2.75) is 81.6 Å². The first-order chi connectivity index (χ1) is 25.0. The molecule has 1 aromatic heterocycles. The van der Waals surface area contributed by atoms with Gasteiger partial charge in [-0.3, -0.25) is 14.4 Å². The minimum absolute atomic E-state index is 0.0383. The summed E-state index contributed by atoms with van der Waals surface area (Å²) in [5.74, 6) is -2.79. The van der Waals surface area contributed by atoms with Gasteiger partial charge >= 0.3 is 11.9 Å². The number of aromatic carboxylic acids is 1. The molecule has 1 heterocycles. The SMILES string of the molecule is O=C(O)CCCN(C1CC1)S(=O)(=O)c1cccc(C(=O)Nc2sc3c(c2C(=O)Nc2ccc(CCCc4ccc(C(=O)O)cc4)cc2)CCCC3)c1. The first-order valence-corrected chi connectivity index (χ1v) is 19.8. The molecule has 3 aromatic carbocycles. The average Bonchev–Trinajstić information content (AvgIpc) is 3.90. The number of fused-ring (bicyclic) bond motifs is 1. The molecule has 13 heteroatoms. The normalized spacial score (nSPS) is 14.1. The second-order valence-corrected chi connectivity index (χ2v) is 16.2. The van der Waals surface area contributed by atoms with Crippen molar-refractivity contribution in [3.05, 3.63) is 111 Å². The first kappa shape index (κ1) is 36.9. The molecule has 2 aliphatic carbocycles. The lowest BCUT2D eigenvalue weighted by Gasteiger charge is -2.22. The Kier molecular flexibility index (Phi) is 11.5. The molecule has 4 N–H and O–H groups in total. The quantitative estimate of drug-likeness (QED) is 0.0949. The van der Waals surface area contributed by atoms with Crippen molar-refractivity contribution in [3.8, 4) is 0 Å². The van der Waals surface area contributed by atoms with E-state index >= 15 is 0 Å². The molecule has 0 bridgehead atoms. The third kappa shape index (κ3) is 8.95. The number of hydrogen-bond acceptors (Lipinski definition) is 7. The highest BCUT2D eigenvalue weighted by atomic mass is 32.2. The van der Waals surface area contributed by atoms with Crippen LogP contribution in [0.1, 0.15) is 97.6 Å². The van der Waals surface area contributed by atoms with E-state index in [9.17, 15) is 27.6 Å². The van der Waals surface area contributed by atoms with Crippen LogP contribution in [0.5, 0.6) is 0 Å². The van der Waals surface area contributed by atoms with Crippen LogP contribution in [0.4, 0.5) is 10.7 Å². The Balaban J connectivity index is 1.12. The van der Waals surface area contributed by atoms with Crippen molar-refractivity contribution in [1.29, 1.82) is 0 Å². The molecule has 2 amide bonds. The van der Waals surface area contributed by atoms with E-state index in [1.807, 2.05) is 36.4 Å². The number of nitrogens with zero attached hydrogens (tertiary/aromatic N) is 1. The molecule has 0 unspecified atom stereocenters. The number of rotatable bonds is 16. The molecule has 1 fully saturated rings. The number of anilines is 2. The minimum Gasteiger partial charge on any atom is -0.481 e. The highest BCUT2D eigenvalue weighted by Gasteiger charge is 2.38. The third-order valence-electron chi connectivity index (χ3n) is 9.40. The van der Waals surface area contributed by atoms with Gasteiger partial charge < -0.3 is 20.8 Å². The Labute approximate surface area is 306 Å². The summed E-state index contributed by atoms with van der Waals surface area (Å²) in [6, 6.07) is 20.2. The molecule has 0 saturated heterocycles. The Morgan fingerprint density at radius 2 is 1.46 bits per heavy atom. The molecule has 1 saturated carbocycles. The van der Waals surface area contributed by atoms with Gasteiger partial charge in [-0.2, -0.15) is 4.31 Å². The minimum atomic E-state index is -3.97. The Hall–Kier alpha value is -4.85. The van der Waals surface area contributed by atoms with Crippen LogP contribution < -0.4 is 10.6 Å². The van der Waals surface area contributed by atoms with E-state index in [1.54, 1.807) is 12.1 Å². The Morgan fingerprint density at radius 1 is 0.788 bits per heavy atom. The van der Waals surface area contributed by atoms with Crippen LogP contribution in [0.2, 0.25) is 0 Å². The van der Waals surface area contributed by atoms with Crippen LogP contribution in [0.15, 0.2) is 77.7 Å². The lowest BCUT2D eigenvalue weighted by molar-refractivity contribution is -0.137. The number of hydrogen-bond donors (Lipinski definition) is 4. The maximum absolute atomic E-state index is 13.8. The smallest absolute Gasteiger partial charge is 0.335 e. The largest absolute Gasteiger partial charge is 0.481 e. The van der Waals surface area contributed by atoms with E-state index in [-0.39, 0.29) is 47.4 Å². The number of thiophene rings is 1. The standard InChI is InChI=1S/C39H41N3O8S2/c43-34(44)12-5-23-42(30-21-22-30)52(49,50)31-9-4-8-28(24-31)36(45)41-38-35(32-10-1-2-11-33(32)51-38)37(46)40-29-19-15-26(16-20-29)7-3-6-25-13-17-27(18-14-25)39(47)48/h4,8-9,13-20,24,30H,1-3,5-7,10-12,21-23H2,(H,40,46)(H,41,45)(H,43,44)(H,47,48). The molecule has 0 aliphatic heterocycles. The zero-order valence-corrected chi connectivity index (χ0v) is 30.2. The zero-order valence-electron chi connectivity index (χ0n) is 28.6. The average molecular weight is 744 g/mol. The summed E-state index contributed by atoms with van der Waals surface area (Å²) >= 11 is 1.38. The summed E-state index contributed by atoms with van der Waals surface area (Å²) in [6.07, 6.45) is 7.41. The molecular formula is C39H41N3O8S2. The number of amides is 2. The van der Waals surface area contributed by atoms with E-state index in [2.05, 4.69) is 10.6 Å². The summed E-state index contributed by atoms with van der Waals surface area (Å²) in [5, 5.41) is 24.5. The third-order valence-corrected chi connectivity index (χ3v) is 12.6. The van der Waals surface area contributed by atoms with Crippen molar-refractivity contribution < 1.29 is 37.8 Å². The highest BCUT2D eigenvalue weighted by Crippen LogP contribution is 2.39. The Morgan fingerprint density at radius 3 is 2.12 bits per heavy atom. The number of nitrogens with one attached hydrogen (secondary N) is 2. The fourth-order valence-electron chi connectivity index (χ4n) is 6.51. The van der Waals surface area contributed by atoms with Gasteiger partial charge in [0.15, 0.2) is 0 Å². The van der Waals surface area contributed by atoms with E-state index in [4.69, 9.17) is 10.2 Å². The summed E-state index contributed by atoms with van der Waals surface area (Å²) in [5.41, 5.74) is 4.54.